The summed E-state index contributed by atoms with van der Waals surface area (Å²) in [5.74, 6) is 1.53. The third-order valence-electron chi connectivity index (χ3n) is 4.41. The molecule has 3 rings (SSSR count). The van der Waals surface area contributed by atoms with Gasteiger partial charge in [-0.05, 0) is 44.4 Å². The lowest BCUT2D eigenvalue weighted by Crippen LogP contribution is -2.28. The molecule has 0 aromatic carbocycles. The van der Waals surface area contributed by atoms with Crippen LogP contribution in [0.15, 0.2) is 12.4 Å². The summed E-state index contributed by atoms with van der Waals surface area (Å²) in [6.45, 7) is 6.85. The van der Waals surface area contributed by atoms with E-state index in [1.807, 2.05) is 6.20 Å². The Hall–Kier alpha value is -0.830. The molecule has 2 aliphatic rings. The average Bonchev–Trinajstić information content (AvgIpc) is 3.06. The van der Waals surface area contributed by atoms with E-state index < -0.39 is 0 Å². The molecule has 3 nitrogen and oxygen atoms in total. The van der Waals surface area contributed by atoms with Crippen molar-refractivity contribution in [2.24, 2.45) is 11.8 Å². The largest absolute Gasteiger partial charge is 0.370 e. The van der Waals surface area contributed by atoms with Gasteiger partial charge in [-0.1, -0.05) is 13.8 Å². The van der Waals surface area contributed by atoms with Gasteiger partial charge in [-0.15, -0.1) is 0 Å². The first-order chi connectivity index (χ1) is 8.63. The molecule has 1 aliphatic heterocycles. The molecule has 0 N–H and O–H groups in total. The van der Waals surface area contributed by atoms with E-state index in [0.717, 1.165) is 18.3 Å². The van der Waals surface area contributed by atoms with Gasteiger partial charge in [0.05, 0.1) is 24.4 Å². The van der Waals surface area contributed by atoms with Gasteiger partial charge >= 0.3 is 0 Å². The van der Waals surface area contributed by atoms with E-state index in [1.165, 1.54) is 24.8 Å². The molecule has 3 heteroatoms. The van der Waals surface area contributed by atoms with Crippen LogP contribution in [0.25, 0.3) is 0 Å². The molecule has 0 bridgehead atoms. The minimum Gasteiger partial charge on any atom is -0.370 e. The van der Waals surface area contributed by atoms with Crippen LogP contribution in [0.2, 0.25) is 0 Å². The van der Waals surface area contributed by atoms with Crippen LogP contribution in [0.3, 0.4) is 0 Å². The van der Waals surface area contributed by atoms with Crippen LogP contribution < -0.4 is 0 Å². The van der Waals surface area contributed by atoms with Crippen molar-refractivity contribution in [1.29, 1.82) is 0 Å². The van der Waals surface area contributed by atoms with E-state index in [-0.39, 0.29) is 6.10 Å². The molecule has 0 spiro atoms. The third kappa shape index (κ3) is 2.46. The predicted octanol–water partition coefficient (Wildman–Crippen LogP) is 3.73. The average molecular weight is 248 g/mol. The predicted molar refractivity (Wildman–Crippen MR) is 71.3 cm³/mol. The highest BCUT2D eigenvalue weighted by molar-refractivity contribution is 5.11. The topological polar surface area (TPSA) is 27.1 Å². The summed E-state index contributed by atoms with van der Waals surface area (Å²) in [7, 11) is 0. The van der Waals surface area contributed by atoms with Crippen molar-refractivity contribution in [3.8, 4) is 0 Å². The molecule has 0 amide bonds. The van der Waals surface area contributed by atoms with E-state index in [0.29, 0.717) is 12.1 Å². The molecular weight excluding hydrogens is 224 g/mol. The molecule has 1 saturated carbocycles. The Kier molecular flexibility index (Phi) is 3.18. The molecule has 1 saturated heterocycles. The number of ether oxygens (including phenoxy) is 1. The third-order valence-corrected chi connectivity index (χ3v) is 4.41. The van der Waals surface area contributed by atoms with Crippen molar-refractivity contribution in [1.82, 2.24) is 9.78 Å². The Balaban J connectivity index is 1.73. The SMILES string of the molecule is CC1CC(C(C)C)CC(c2cnn(C3CC3)c2)O1. The van der Waals surface area contributed by atoms with Gasteiger partial charge in [0.2, 0.25) is 0 Å². The van der Waals surface area contributed by atoms with Crippen LogP contribution in [-0.2, 0) is 4.74 Å². The molecule has 18 heavy (non-hydrogen) atoms. The van der Waals surface area contributed by atoms with Gasteiger partial charge in [0.15, 0.2) is 0 Å². The summed E-state index contributed by atoms with van der Waals surface area (Å²) in [6.07, 6.45) is 9.78. The van der Waals surface area contributed by atoms with Crippen LogP contribution in [0.1, 0.15) is 64.2 Å². The zero-order chi connectivity index (χ0) is 12.7. The molecule has 1 aromatic heterocycles. The summed E-state index contributed by atoms with van der Waals surface area (Å²) in [5.41, 5.74) is 1.28. The van der Waals surface area contributed by atoms with E-state index in [9.17, 15) is 0 Å². The Bertz CT molecular complexity index is 408. The van der Waals surface area contributed by atoms with E-state index in [4.69, 9.17) is 4.74 Å². The Morgan fingerprint density at radius 2 is 2.11 bits per heavy atom. The quantitative estimate of drug-likeness (QED) is 0.815. The van der Waals surface area contributed by atoms with Gasteiger partial charge in [-0.2, -0.15) is 5.10 Å². The van der Waals surface area contributed by atoms with Crippen molar-refractivity contribution in [3.05, 3.63) is 18.0 Å². The second-order valence-corrected chi connectivity index (χ2v) is 6.40. The highest BCUT2D eigenvalue weighted by Gasteiger charge is 2.31. The first kappa shape index (κ1) is 12.2. The summed E-state index contributed by atoms with van der Waals surface area (Å²) < 4.78 is 8.24. The molecule has 1 aliphatic carbocycles. The fourth-order valence-electron chi connectivity index (χ4n) is 3.01. The highest BCUT2D eigenvalue weighted by Crippen LogP contribution is 2.39. The summed E-state index contributed by atoms with van der Waals surface area (Å²) >= 11 is 0. The number of rotatable bonds is 3. The monoisotopic (exact) mass is 248 g/mol. The number of nitrogens with zero attached hydrogens (tertiary/aromatic N) is 2. The minimum atomic E-state index is 0.258. The maximum atomic E-state index is 6.11. The second kappa shape index (κ2) is 4.69. The molecule has 2 heterocycles. The molecule has 3 unspecified atom stereocenters. The smallest absolute Gasteiger partial charge is 0.0861 e. The molecule has 3 atom stereocenters. The van der Waals surface area contributed by atoms with Crippen LogP contribution in [0.5, 0.6) is 0 Å². The zero-order valence-electron chi connectivity index (χ0n) is 11.7. The van der Waals surface area contributed by atoms with Gasteiger partial charge in [-0.3, -0.25) is 4.68 Å². The molecule has 2 fully saturated rings. The van der Waals surface area contributed by atoms with Crippen molar-refractivity contribution in [2.45, 2.75) is 64.7 Å². The molecule has 0 radical (unpaired) electrons. The van der Waals surface area contributed by atoms with Gasteiger partial charge < -0.3 is 4.74 Å². The Morgan fingerprint density at radius 3 is 2.78 bits per heavy atom. The second-order valence-electron chi connectivity index (χ2n) is 6.40. The first-order valence-corrected chi connectivity index (χ1v) is 7.33. The normalized spacial score (nSPS) is 33.0. The van der Waals surface area contributed by atoms with E-state index in [2.05, 4.69) is 36.7 Å². The summed E-state index contributed by atoms with van der Waals surface area (Å²) in [6, 6.07) is 0.667. The maximum Gasteiger partial charge on any atom is 0.0861 e. The lowest BCUT2D eigenvalue weighted by atomic mass is 9.82. The van der Waals surface area contributed by atoms with Crippen LogP contribution in [-0.4, -0.2) is 15.9 Å². The van der Waals surface area contributed by atoms with Crippen molar-refractivity contribution in [2.75, 3.05) is 0 Å². The Morgan fingerprint density at radius 1 is 1.33 bits per heavy atom. The highest BCUT2D eigenvalue weighted by atomic mass is 16.5. The number of hydrogen-bond acceptors (Lipinski definition) is 2. The summed E-state index contributed by atoms with van der Waals surface area (Å²) in [5, 5.41) is 4.48. The van der Waals surface area contributed by atoms with E-state index >= 15 is 0 Å². The van der Waals surface area contributed by atoms with Crippen molar-refractivity contribution >= 4 is 0 Å². The van der Waals surface area contributed by atoms with Crippen molar-refractivity contribution < 1.29 is 4.74 Å². The van der Waals surface area contributed by atoms with E-state index in [1.54, 1.807) is 0 Å². The van der Waals surface area contributed by atoms with Gasteiger partial charge in [0.1, 0.15) is 0 Å². The fraction of sp³-hybridized carbons (Fsp3) is 0.800. The maximum absolute atomic E-state index is 6.11. The van der Waals surface area contributed by atoms with Gasteiger partial charge in [0.25, 0.3) is 0 Å². The molecular formula is C15H24N2O. The Labute approximate surface area is 110 Å². The molecule has 100 valence electrons. The minimum absolute atomic E-state index is 0.258. The van der Waals surface area contributed by atoms with Crippen LogP contribution >= 0.6 is 0 Å². The lowest BCUT2D eigenvalue weighted by Gasteiger charge is -2.35. The van der Waals surface area contributed by atoms with Crippen LogP contribution in [0, 0.1) is 11.8 Å². The van der Waals surface area contributed by atoms with Crippen LogP contribution in [0.4, 0.5) is 0 Å². The molecule has 1 aromatic rings. The summed E-state index contributed by atoms with van der Waals surface area (Å²) in [4.78, 5) is 0. The van der Waals surface area contributed by atoms with Crippen molar-refractivity contribution in [3.63, 3.8) is 0 Å². The first-order valence-electron chi connectivity index (χ1n) is 7.33. The zero-order valence-corrected chi connectivity index (χ0v) is 11.7. The van der Waals surface area contributed by atoms with Gasteiger partial charge in [0, 0.05) is 11.8 Å². The number of hydrogen-bond donors (Lipinski definition) is 0. The van der Waals surface area contributed by atoms with Gasteiger partial charge in [-0.25, -0.2) is 0 Å². The fourth-order valence-corrected chi connectivity index (χ4v) is 3.01. The lowest BCUT2D eigenvalue weighted by molar-refractivity contribution is -0.0720. The number of aromatic nitrogens is 2. The standard InChI is InChI=1S/C15H24N2O/c1-10(2)12-6-11(3)18-15(7-12)13-8-16-17(9-13)14-4-5-14/h8-12,14-15H,4-7H2,1-3H3.